The van der Waals surface area contributed by atoms with Crippen molar-refractivity contribution in [2.45, 2.75) is 26.2 Å². The van der Waals surface area contributed by atoms with Crippen molar-refractivity contribution in [3.63, 3.8) is 0 Å². The molecule has 2 aromatic carbocycles. The molecule has 0 spiro atoms. The molecule has 3 aliphatic heterocycles. The van der Waals surface area contributed by atoms with Gasteiger partial charge in [-0.25, -0.2) is 4.99 Å². The fourth-order valence-corrected chi connectivity index (χ4v) is 5.04. The lowest BCUT2D eigenvalue weighted by Gasteiger charge is -2.38. The highest BCUT2D eigenvalue weighted by molar-refractivity contribution is 6.06. The van der Waals surface area contributed by atoms with Crippen molar-refractivity contribution in [2.24, 2.45) is 4.99 Å². The van der Waals surface area contributed by atoms with E-state index >= 15 is 0 Å². The lowest BCUT2D eigenvalue weighted by atomic mass is 9.99. The number of likely N-dealkylation sites (tertiary alicyclic amines) is 1. The number of carbonyl (C=O) groups excluding carboxylic acids is 2. The first kappa shape index (κ1) is 23.1. The van der Waals surface area contributed by atoms with Gasteiger partial charge >= 0.3 is 0 Å². The van der Waals surface area contributed by atoms with Crippen LogP contribution in [-0.4, -0.2) is 78.3 Å². The van der Waals surface area contributed by atoms with Gasteiger partial charge in [0.1, 0.15) is 0 Å². The molecule has 2 saturated heterocycles. The van der Waals surface area contributed by atoms with E-state index in [0.717, 1.165) is 67.4 Å². The molecular weight excluding hydrogens is 438 g/mol. The predicted molar refractivity (Wildman–Crippen MR) is 138 cm³/mol. The molecule has 5 rings (SSSR count). The lowest BCUT2D eigenvalue weighted by molar-refractivity contribution is -0.130. The van der Waals surface area contributed by atoms with Crippen LogP contribution in [0, 0.1) is 0 Å². The van der Waals surface area contributed by atoms with Gasteiger partial charge in [0.25, 0.3) is 5.91 Å². The van der Waals surface area contributed by atoms with Gasteiger partial charge in [0, 0.05) is 46.2 Å². The number of amides is 2. The number of guanidine groups is 1. The van der Waals surface area contributed by atoms with Crippen LogP contribution in [0.15, 0.2) is 65.2 Å². The number of benzene rings is 2. The largest absolute Gasteiger partial charge is 0.339 e. The number of aliphatic imine (C=N–C) groups is 1. The number of rotatable bonds is 3. The van der Waals surface area contributed by atoms with Crippen molar-refractivity contribution in [1.82, 2.24) is 20.0 Å². The maximum atomic E-state index is 13.5. The lowest BCUT2D eigenvalue weighted by Crippen LogP contribution is -2.54. The van der Waals surface area contributed by atoms with Crippen molar-refractivity contribution < 1.29 is 9.59 Å². The third-order valence-electron chi connectivity index (χ3n) is 7.13. The summed E-state index contributed by atoms with van der Waals surface area (Å²) in [6, 6.07) is 18.7. The predicted octanol–water partition coefficient (Wildman–Crippen LogP) is 3.20. The molecule has 0 unspecified atom stereocenters. The molecule has 0 atom stereocenters. The van der Waals surface area contributed by atoms with Gasteiger partial charge in [-0.15, -0.1) is 0 Å². The third-order valence-corrected chi connectivity index (χ3v) is 7.13. The summed E-state index contributed by atoms with van der Waals surface area (Å²) in [5, 5.41) is 3.52. The number of piperidine rings is 1. The third kappa shape index (κ3) is 5.09. The fraction of sp³-hybridized carbons (Fsp3) is 0.393. The zero-order valence-corrected chi connectivity index (χ0v) is 20.4. The highest BCUT2D eigenvalue weighted by Gasteiger charge is 2.29. The highest BCUT2D eigenvalue weighted by Crippen LogP contribution is 2.26. The average molecular weight is 472 g/mol. The Morgan fingerprint density at radius 2 is 1.37 bits per heavy atom. The van der Waals surface area contributed by atoms with Gasteiger partial charge in [0.05, 0.1) is 17.8 Å². The van der Waals surface area contributed by atoms with Gasteiger partial charge in [-0.1, -0.05) is 54.6 Å². The number of carbonyl (C=O) groups is 2. The van der Waals surface area contributed by atoms with Gasteiger partial charge in [-0.05, 0) is 36.0 Å². The summed E-state index contributed by atoms with van der Waals surface area (Å²) in [7, 11) is 0. The Kier molecular flexibility index (Phi) is 6.84. The summed E-state index contributed by atoms with van der Waals surface area (Å²) in [5.74, 6) is 0.978. The number of piperazine rings is 1. The van der Waals surface area contributed by atoms with E-state index in [2.05, 4.69) is 46.6 Å². The highest BCUT2D eigenvalue weighted by atomic mass is 16.2. The first-order valence-corrected chi connectivity index (χ1v) is 12.6. The number of hydrogen-bond acceptors (Lipinski definition) is 5. The Hall–Kier alpha value is -3.61. The molecule has 0 saturated carbocycles. The summed E-state index contributed by atoms with van der Waals surface area (Å²) in [5.41, 5.74) is 4.87. The van der Waals surface area contributed by atoms with E-state index < -0.39 is 0 Å². The molecule has 2 amide bonds. The molecule has 3 aliphatic rings. The standard InChI is InChI=1S/C28H33N5O2/c1-21(34)31-16-18-33(19-17-31)28-29-20-25(27(35)32-14-6-3-7-15-32)26(30-28)24-12-10-23(11-13-24)22-8-4-2-5-9-22/h2,4-5,8-13H,3,6-7,14-20H2,1H3,(H,29,30). The smallest absolute Gasteiger partial charge is 0.253 e. The van der Waals surface area contributed by atoms with Gasteiger partial charge in [0.2, 0.25) is 5.91 Å². The van der Waals surface area contributed by atoms with Crippen LogP contribution in [0.1, 0.15) is 31.7 Å². The molecule has 0 radical (unpaired) electrons. The number of nitrogens with zero attached hydrogens (tertiary/aromatic N) is 4. The second-order valence-electron chi connectivity index (χ2n) is 9.41. The zero-order chi connectivity index (χ0) is 24.2. The summed E-state index contributed by atoms with van der Waals surface area (Å²) < 4.78 is 0. The molecule has 182 valence electrons. The van der Waals surface area contributed by atoms with Crippen LogP contribution in [0.25, 0.3) is 16.8 Å². The molecule has 0 bridgehead atoms. The number of nitrogens with one attached hydrogen (secondary N) is 1. The second-order valence-corrected chi connectivity index (χ2v) is 9.41. The SMILES string of the molecule is CC(=O)N1CCN(C2=NCC(C(=O)N3CCCCC3)=C(c3ccc(-c4ccccc4)cc3)N2)CC1. The van der Waals surface area contributed by atoms with E-state index in [9.17, 15) is 9.59 Å². The fourth-order valence-electron chi connectivity index (χ4n) is 5.04. The van der Waals surface area contributed by atoms with Gasteiger partial charge < -0.3 is 20.0 Å². The first-order valence-electron chi connectivity index (χ1n) is 12.6. The van der Waals surface area contributed by atoms with Crippen LogP contribution in [0.4, 0.5) is 0 Å². The van der Waals surface area contributed by atoms with Crippen LogP contribution < -0.4 is 5.32 Å². The van der Waals surface area contributed by atoms with Crippen LogP contribution >= 0.6 is 0 Å². The van der Waals surface area contributed by atoms with E-state index in [1.165, 1.54) is 12.0 Å². The Balaban J connectivity index is 1.41. The molecule has 1 N–H and O–H groups in total. The zero-order valence-electron chi connectivity index (χ0n) is 20.4. The van der Waals surface area contributed by atoms with E-state index in [1.54, 1.807) is 6.92 Å². The minimum atomic E-state index is 0.0866. The van der Waals surface area contributed by atoms with Gasteiger partial charge in [0.15, 0.2) is 5.96 Å². The molecule has 7 nitrogen and oxygen atoms in total. The van der Waals surface area contributed by atoms with Gasteiger partial charge in [-0.2, -0.15) is 0 Å². The van der Waals surface area contributed by atoms with Gasteiger partial charge in [-0.3, -0.25) is 9.59 Å². The molecule has 35 heavy (non-hydrogen) atoms. The first-order chi connectivity index (χ1) is 17.1. The Morgan fingerprint density at radius 3 is 2.03 bits per heavy atom. The summed E-state index contributed by atoms with van der Waals surface area (Å²) in [4.78, 5) is 36.1. The van der Waals surface area contributed by atoms with Crippen LogP contribution in [0.2, 0.25) is 0 Å². The van der Waals surface area contributed by atoms with Crippen molar-refractivity contribution in [2.75, 3.05) is 45.8 Å². The van der Waals surface area contributed by atoms with Crippen LogP contribution in [0.5, 0.6) is 0 Å². The minimum absolute atomic E-state index is 0.0866. The molecule has 2 fully saturated rings. The average Bonchev–Trinajstić information content (AvgIpc) is 2.93. The van der Waals surface area contributed by atoms with E-state index in [0.29, 0.717) is 19.6 Å². The topological polar surface area (TPSA) is 68.2 Å². The summed E-state index contributed by atoms with van der Waals surface area (Å²) in [6.45, 7) is 6.41. The minimum Gasteiger partial charge on any atom is -0.339 e. The summed E-state index contributed by atoms with van der Waals surface area (Å²) >= 11 is 0. The Labute approximate surface area is 207 Å². The maximum Gasteiger partial charge on any atom is 0.253 e. The maximum absolute atomic E-state index is 13.5. The molecule has 0 aliphatic carbocycles. The normalized spacial score (nSPS) is 18.8. The molecular formula is C28H33N5O2. The molecule has 2 aromatic rings. The molecule has 0 aromatic heterocycles. The van der Waals surface area contributed by atoms with Crippen LogP contribution in [0.3, 0.4) is 0 Å². The van der Waals surface area contributed by atoms with Crippen molar-refractivity contribution in [1.29, 1.82) is 0 Å². The Bertz CT molecular complexity index is 1130. The monoisotopic (exact) mass is 471 g/mol. The van der Waals surface area contributed by atoms with E-state index in [4.69, 9.17) is 4.99 Å². The van der Waals surface area contributed by atoms with E-state index in [-0.39, 0.29) is 11.8 Å². The quantitative estimate of drug-likeness (QED) is 0.747. The molecule has 7 heteroatoms. The van der Waals surface area contributed by atoms with Crippen molar-refractivity contribution in [3.8, 4) is 11.1 Å². The second kappa shape index (κ2) is 10.3. The van der Waals surface area contributed by atoms with Crippen LogP contribution in [-0.2, 0) is 9.59 Å². The Morgan fingerprint density at radius 1 is 0.743 bits per heavy atom. The number of hydrogen-bond donors (Lipinski definition) is 1. The molecule has 3 heterocycles. The summed E-state index contributed by atoms with van der Waals surface area (Å²) in [6.07, 6.45) is 3.30. The van der Waals surface area contributed by atoms with Crippen molar-refractivity contribution in [3.05, 3.63) is 65.7 Å². The van der Waals surface area contributed by atoms with E-state index in [1.807, 2.05) is 28.0 Å². The van der Waals surface area contributed by atoms with Crippen molar-refractivity contribution >= 4 is 23.5 Å².